The highest BCUT2D eigenvalue weighted by Crippen LogP contribution is 2.18. The van der Waals surface area contributed by atoms with Gasteiger partial charge in [0.2, 0.25) is 5.91 Å². The van der Waals surface area contributed by atoms with Crippen LogP contribution in [0.5, 0.6) is 0 Å². The van der Waals surface area contributed by atoms with Crippen molar-refractivity contribution in [1.82, 2.24) is 9.88 Å². The number of nitrogens with one attached hydrogen (secondary N) is 1. The first-order chi connectivity index (χ1) is 11.3. The van der Waals surface area contributed by atoms with Crippen LogP contribution in [-0.4, -0.2) is 22.3 Å². The molecule has 2 heterocycles. The summed E-state index contributed by atoms with van der Waals surface area (Å²) in [6.07, 6.45) is 1.61. The SMILES string of the molecule is N#Cc1cccc(NCc2ccccc2CN2CCCC2=O)n1. The highest BCUT2D eigenvalue weighted by Gasteiger charge is 2.20. The van der Waals surface area contributed by atoms with Gasteiger partial charge in [-0.3, -0.25) is 4.79 Å². The van der Waals surface area contributed by atoms with Gasteiger partial charge in [0.05, 0.1) is 0 Å². The van der Waals surface area contributed by atoms with Crippen LogP contribution in [0.3, 0.4) is 0 Å². The minimum absolute atomic E-state index is 0.233. The summed E-state index contributed by atoms with van der Waals surface area (Å²) in [6.45, 7) is 2.11. The Morgan fingerprint density at radius 2 is 2.00 bits per heavy atom. The zero-order chi connectivity index (χ0) is 16.1. The third-order valence-corrected chi connectivity index (χ3v) is 3.97. The van der Waals surface area contributed by atoms with Crippen LogP contribution in [0, 0.1) is 11.3 Å². The van der Waals surface area contributed by atoms with Gasteiger partial charge >= 0.3 is 0 Å². The molecule has 1 aliphatic heterocycles. The van der Waals surface area contributed by atoms with Crippen molar-refractivity contribution in [3.05, 3.63) is 59.3 Å². The number of nitrogens with zero attached hydrogens (tertiary/aromatic N) is 3. The van der Waals surface area contributed by atoms with Crippen molar-refractivity contribution < 1.29 is 4.79 Å². The first-order valence-corrected chi connectivity index (χ1v) is 7.72. The van der Waals surface area contributed by atoms with Gasteiger partial charge in [-0.1, -0.05) is 30.3 Å². The van der Waals surface area contributed by atoms with Crippen molar-refractivity contribution in [1.29, 1.82) is 5.26 Å². The summed E-state index contributed by atoms with van der Waals surface area (Å²) in [5.41, 5.74) is 2.67. The number of anilines is 1. The highest BCUT2D eigenvalue weighted by molar-refractivity contribution is 5.78. The Morgan fingerprint density at radius 1 is 1.17 bits per heavy atom. The Bertz CT molecular complexity index is 751. The van der Waals surface area contributed by atoms with E-state index < -0.39 is 0 Å². The van der Waals surface area contributed by atoms with Gasteiger partial charge in [0, 0.05) is 26.1 Å². The number of aromatic nitrogens is 1. The first kappa shape index (κ1) is 15.0. The Kier molecular flexibility index (Phi) is 4.53. The van der Waals surface area contributed by atoms with Gasteiger partial charge in [-0.2, -0.15) is 5.26 Å². The molecule has 0 spiro atoms. The standard InChI is InChI=1S/C18H18N4O/c19-11-16-7-3-8-17(21-16)20-12-14-5-1-2-6-15(14)13-22-10-4-9-18(22)23/h1-3,5-8H,4,9-10,12-13H2,(H,20,21). The summed E-state index contributed by atoms with van der Waals surface area (Å²) in [5.74, 6) is 0.909. The van der Waals surface area contributed by atoms with E-state index in [0.717, 1.165) is 24.1 Å². The summed E-state index contributed by atoms with van der Waals surface area (Å²) < 4.78 is 0. The molecule has 1 saturated heterocycles. The lowest BCUT2D eigenvalue weighted by Gasteiger charge is -2.18. The van der Waals surface area contributed by atoms with Crippen LogP contribution >= 0.6 is 0 Å². The Balaban J connectivity index is 1.70. The van der Waals surface area contributed by atoms with E-state index >= 15 is 0 Å². The molecule has 1 aliphatic rings. The second-order valence-electron chi connectivity index (χ2n) is 5.56. The number of pyridine rings is 1. The molecule has 0 unspecified atom stereocenters. The molecule has 5 heteroatoms. The number of carbonyl (C=O) groups is 1. The smallest absolute Gasteiger partial charge is 0.222 e. The van der Waals surface area contributed by atoms with Crippen molar-refractivity contribution in [3.63, 3.8) is 0 Å². The van der Waals surface area contributed by atoms with E-state index in [-0.39, 0.29) is 5.91 Å². The van der Waals surface area contributed by atoms with Gasteiger partial charge in [-0.25, -0.2) is 4.98 Å². The molecule has 1 aromatic heterocycles. The zero-order valence-electron chi connectivity index (χ0n) is 12.8. The Hall–Kier alpha value is -2.87. The van der Waals surface area contributed by atoms with Crippen LogP contribution < -0.4 is 5.32 Å². The average molecular weight is 306 g/mol. The van der Waals surface area contributed by atoms with Gasteiger partial charge in [0.15, 0.2) is 0 Å². The van der Waals surface area contributed by atoms with Gasteiger partial charge in [0.25, 0.3) is 0 Å². The van der Waals surface area contributed by atoms with Crippen molar-refractivity contribution >= 4 is 11.7 Å². The number of hydrogen-bond acceptors (Lipinski definition) is 4. The lowest BCUT2D eigenvalue weighted by Crippen LogP contribution is -2.24. The molecule has 3 rings (SSSR count). The minimum atomic E-state index is 0.233. The third-order valence-electron chi connectivity index (χ3n) is 3.97. The maximum atomic E-state index is 11.8. The molecule has 1 aromatic carbocycles. The predicted octanol–water partition coefficient (Wildman–Crippen LogP) is 2.69. The molecule has 0 bridgehead atoms. The fourth-order valence-electron chi connectivity index (χ4n) is 2.74. The molecule has 1 N–H and O–H groups in total. The van der Waals surface area contributed by atoms with Crippen molar-refractivity contribution in [2.75, 3.05) is 11.9 Å². The highest BCUT2D eigenvalue weighted by atomic mass is 16.2. The molecule has 116 valence electrons. The normalized spacial score (nSPS) is 13.9. The average Bonchev–Trinajstić information content (AvgIpc) is 2.99. The van der Waals surface area contributed by atoms with E-state index in [1.807, 2.05) is 35.2 Å². The second-order valence-corrected chi connectivity index (χ2v) is 5.56. The van der Waals surface area contributed by atoms with Crippen LogP contribution in [0.1, 0.15) is 29.7 Å². The van der Waals surface area contributed by atoms with Crippen LogP contribution in [0.25, 0.3) is 0 Å². The second kappa shape index (κ2) is 6.93. The van der Waals surface area contributed by atoms with Crippen LogP contribution in [0.15, 0.2) is 42.5 Å². The summed E-state index contributed by atoms with van der Waals surface area (Å²) in [6, 6.07) is 15.5. The monoisotopic (exact) mass is 306 g/mol. The lowest BCUT2D eigenvalue weighted by molar-refractivity contribution is -0.128. The van der Waals surface area contributed by atoms with Crippen LogP contribution in [0.2, 0.25) is 0 Å². The maximum absolute atomic E-state index is 11.8. The van der Waals surface area contributed by atoms with E-state index in [4.69, 9.17) is 5.26 Å². The molecule has 0 saturated carbocycles. The molecular weight excluding hydrogens is 288 g/mol. The molecule has 0 aliphatic carbocycles. The summed E-state index contributed by atoms with van der Waals surface area (Å²) in [4.78, 5) is 17.9. The van der Waals surface area contributed by atoms with Crippen molar-refractivity contribution in [2.24, 2.45) is 0 Å². The van der Waals surface area contributed by atoms with E-state index in [1.54, 1.807) is 6.07 Å². The molecule has 1 amide bonds. The fraction of sp³-hybridized carbons (Fsp3) is 0.278. The van der Waals surface area contributed by atoms with Gasteiger partial charge < -0.3 is 10.2 Å². The minimum Gasteiger partial charge on any atom is -0.366 e. The maximum Gasteiger partial charge on any atom is 0.222 e. The van der Waals surface area contributed by atoms with E-state index in [1.165, 1.54) is 0 Å². The first-order valence-electron chi connectivity index (χ1n) is 7.72. The molecule has 0 radical (unpaired) electrons. The van der Waals surface area contributed by atoms with Crippen molar-refractivity contribution in [2.45, 2.75) is 25.9 Å². The number of likely N-dealkylation sites (tertiary alicyclic amines) is 1. The summed E-state index contributed by atoms with van der Waals surface area (Å²) >= 11 is 0. The van der Waals surface area contributed by atoms with E-state index in [2.05, 4.69) is 22.4 Å². The number of rotatable bonds is 5. The van der Waals surface area contributed by atoms with E-state index in [0.29, 0.717) is 31.0 Å². The molecular formula is C18H18N4O. The zero-order valence-corrected chi connectivity index (χ0v) is 12.8. The van der Waals surface area contributed by atoms with Crippen LogP contribution in [0.4, 0.5) is 5.82 Å². The summed E-state index contributed by atoms with van der Waals surface area (Å²) in [7, 11) is 0. The fourth-order valence-corrected chi connectivity index (χ4v) is 2.74. The molecule has 23 heavy (non-hydrogen) atoms. The molecule has 0 atom stereocenters. The molecule has 5 nitrogen and oxygen atoms in total. The van der Waals surface area contributed by atoms with E-state index in [9.17, 15) is 4.79 Å². The lowest BCUT2D eigenvalue weighted by atomic mass is 10.1. The van der Waals surface area contributed by atoms with Crippen molar-refractivity contribution in [3.8, 4) is 6.07 Å². The van der Waals surface area contributed by atoms with Crippen LogP contribution in [-0.2, 0) is 17.9 Å². The third kappa shape index (κ3) is 3.67. The quantitative estimate of drug-likeness (QED) is 0.922. The largest absolute Gasteiger partial charge is 0.366 e. The molecule has 2 aromatic rings. The number of amides is 1. The van der Waals surface area contributed by atoms with Gasteiger partial charge in [0.1, 0.15) is 17.6 Å². The number of hydrogen-bond donors (Lipinski definition) is 1. The number of benzene rings is 1. The molecule has 1 fully saturated rings. The number of carbonyl (C=O) groups excluding carboxylic acids is 1. The Labute approximate surface area is 135 Å². The summed E-state index contributed by atoms with van der Waals surface area (Å²) in [5, 5.41) is 12.1. The van der Waals surface area contributed by atoms with Gasteiger partial charge in [-0.05, 0) is 29.7 Å². The topological polar surface area (TPSA) is 69.0 Å². The van der Waals surface area contributed by atoms with Gasteiger partial charge in [-0.15, -0.1) is 0 Å². The predicted molar refractivity (Wildman–Crippen MR) is 87.4 cm³/mol. The number of nitriles is 1. The Morgan fingerprint density at radius 3 is 2.74 bits per heavy atom.